The summed E-state index contributed by atoms with van der Waals surface area (Å²) in [6.07, 6.45) is 5.78. The van der Waals surface area contributed by atoms with Gasteiger partial charge in [0.15, 0.2) is 0 Å². The number of aromatic amines is 1. The molecule has 4 rings (SSSR count). The van der Waals surface area contributed by atoms with Gasteiger partial charge in [-0.1, -0.05) is 36.4 Å². The minimum atomic E-state index is -0.485. The minimum absolute atomic E-state index is 0.318. The lowest BCUT2D eigenvalue weighted by molar-refractivity contribution is 0.0993. The summed E-state index contributed by atoms with van der Waals surface area (Å²) in [7, 11) is 0. The number of rotatable bonds is 7. The Morgan fingerprint density at radius 2 is 2.07 bits per heavy atom. The van der Waals surface area contributed by atoms with Crippen molar-refractivity contribution in [3.63, 3.8) is 0 Å². The van der Waals surface area contributed by atoms with E-state index in [1.54, 1.807) is 12.3 Å². The first-order valence-corrected chi connectivity index (χ1v) is 9.54. The number of ether oxygens (including phenoxy) is 1. The lowest BCUT2D eigenvalue weighted by Crippen LogP contribution is -2.34. The number of hydrogen-bond donors (Lipinski definition) is 2. The normalized spacial score (nSPS) is 16.9. The highest BCUT2D eigenvalue weighted by atomic mass is 16.5. The molecule has 2 heterocycles. The number of carbonyl (C=O) groups is 1. The van der Waals surface area contributed by atoms with Crippen molar-refractivity contribution in [3.8, 4) is 16.9 Å². The third-order valence-corrected chi connectivity index (χ3v) is 5.24. The average molecular weight is 376 g/mol. The van der Waals surface area contributed by atoms with Crippen LogP contribution in [0.2, 0.25) is 0 Å². The Hall–Kier alpha value is -3.12. The van der Waals surface area contributed by atoms with Gasteiger partial charge in [-0.15, -0.1) is 0 Å². The van der Waals surface area contributed by atoms with Gasteiger partial charge in [-0.25, -0.2) is 0 Å². The first-order valence-electron chi connectivity index (χ1n) is 9.54. The molecule has 1 aliphatic rings. The molecule has 144 valence electrons. The summed E-state index contributed by atoms with van der Waals surface area (Å²) in [6, 6.07) is 16.2. The molecule has 1 saturated heterocycles. The predicted octanol–water partition coefficient (Wildman–Crippen LogP) is 3.22. The van der Waals surface area contributed by atoms with E-state index >= 15 is 0 Å². The van der Waals surface area contributed by atoms with Crippen molar-refractivity contribution in [1.82, 2.24) is 15.1 Å². The van der Waals surface area contributed by atoms with Gasteiger partial charge >= 0.3 is 0 Å². The molecule has 1 aliphatic heterocycles. The van der Waals surface area contributed by atoms with Gasteiger partial charge in [0.25, 0.3) is 5.91 Å². The van der Waals surface area contributed by atoms with Crippen LogP contribution >= 0.6 is 0 Å². The molecule has 0 radical (unpaired) electrons. The molecule has 0 unspecified atom stereocenters. The Labute approximate surface area is 164 Å². The fourth-order valence-electron chi connectivity index (χ4n) is 3.73. The van der Waals surface area contributed by atoms with Crippen LogP contribution in [0.3, 0.4) is 0 Å². The fraction of sp³-hybridized carbons (Fsp3) is 0.273. The number of nitrogens with two attached hydrogens (primary N) is 1. The minimum Gasteiger partial charge on any atom is -0.491 e. The maximum atomic E-state index is 11.8. The van der Waals surface area contributed by atoms with Crippen molar-refractivity contribution in [2.24, 2.45) is 5.73 Å². The van der Waals surface area contributed by atoms with Crippen LogP contribution in [-0.2, 0) is 6.54 Å². The second-order valence-electron chi connectivity index (χ2n) is 7.13. The number of nitrogens with zero attached hydrogens (tertiary/aromatic N) is 2. The van der Waals surface area contributed by atoms with Gasteiger partial charge in [0, 0.05) is 24.3 Å². The SMILES string of the molecule is NC(=O)c1ccc(-c2cn[nH]c2)cc1OC[C@@H]1CCCN1Cc1ccccc1. The van der Waals surface area contributed by atoms with Gasteiger partial charge in [-0.2, -0.15) is 5.10 Å². The molecule has 1 atom stereocenters. The smallest absolute Gasteiger partial charge is 0.252 e. The zero-order valence-electron chi connectivity index (χ0n) is 15.7. The highest BCUT2D eigenvalue weighted by Gasteiger charge is 2.25. The Kier molecular flexibility index (Phi) is 5.39. The monoisotopic (exact) mass is 376 g/mol. The van der Waals surface area contributed by atoms with E-state index in [1.165, 1.54) is 5.56 Å². The summed E-state index contributed by atoms with van der Waals surface area (Å²) >= 11 is 0. The molecule has 28 heavy (non-hydrogen) atoms. The summed E-state index contributed by atoms with van der Waals surface area (Å²) < 4.78 is 6.12. The van der Waals surface area contributed by atoms with Crippen molar-refractivity contribution in [3.05, 3.63) is 72.1 Å². The summed E-state index contributed by atoms with van der Waals surface area (Å²) in [5, 5.41) is 6.78. The lowest BCUT2D eigenvalue weighted by atomic mass is 10.1. The quantitative estimate of drug-likeness (QED) is 0.663. The Morgan fingerprint density at radius 1 is 1.21 bits per heavy atom. The molecular weight excluding hydrogens is 352 g/mol. The summed E-state index contributed by atoms with van der Waals surface area (Å²) in [5.74, 6) is 0.0408. The van der Waals surface area contributed by atoms with Gasteiger partial charge < -0.3 is 10.5 Å². The van der Waals surface area contributed by atoms with Gasteiger partial charge in [-0.05, 0) is 42.6 Å². The van der Waals surface area contributed by atoms with E-state index in [0.717, 1.165) is 37.1 Å². The first-order chi connectivity index (χ1) is 13.7. The number of H-pyrrole nitrogens is 1. The number of primary amides is 1. The van der Waals surface area contributed by atoms with Crippen molar-refractivity contribution in [2.45, 2.75) is 25.4 Å². The number of likely N-dealkylation sites (tertiary alicyclic amines) is 1. The number of benzene rings is 2. The van der Waals surface area contributed by atoms with E-state index in [9.17, 15) is 4.79 Å². The molecule has 6 nitrogen and oxygen atoms in total. The maximum Gasteiger partial charge on any atom is 0.252 e. The number of aromatic nitrogens is 2. The number of carbonyl (C=O) groups excluding carboxylic acids is 1. The second kappa shape index (κ2) is 8.27. The van der Waals surface area contributed by atoms with Gasteiger partial charge in [-0.3, -0.25) is 14.8 Å². The number of amides is 1. The molecule has 2 aromatic carbocycles. The molecule has 0 aliphatic carbocycles. The van der Waals surface area contributed by atoms with Crippen LogP contribution in [0, 0.1) is 0 Å². The molecular formula is C22H24N4O2. The lowest BCUT2D eigenvalue weighted by Gasteiger charge is -2.25. The van der Waals surface area contributed by atoms with Crippen molar-refractivity contribution in [1.29, 1.82) is 0 Å². The van der Waals surface area contributed by atoms with Crippen LogP contribution in [0.5, 0.6) is 5.75 Å². The van der Waals surface area contributed by atoms with E-state index in [4.69, 9.17) is 10.5 Å². The zero-order valence-corrected chi connectivity index (χ0v) is 15.7. The van der Waals surface area contributed by atoms with Gasteiger partial charge in [0.1, 0.15) is 12.4 Å². The molecule has 3 aromatic rings. The van der Waals surface area contributed by atoms with Crippen LogP contribution in [0.15, 0.2) is 60.9 Å². The topological polar surface area (TPSA) is 84.2 Å². The van der Waals surface area contributed by atoms with Crippen molar-refractivity contribution in [2.75, 3.05) is 13.2 Å². The van der Waals surface area contributed by atoms with Gasteiger partial charge in [0.2, 0.25) is 0 Å². The van der Waals surface area contributed by atoms with E-state index in [-0.39, 0.29) is 0 Å². The third-order valence-electron chi connectivity index (χ3n) is 5.24. The molecule has 0 bridgehead atoms. The molecule has 3 N–H and O–H groups in total. The second-order valence-corrected chi connectivity index (χ2v) is 7.13. The standard InChI is InChI=1S/C22H24N4O2/c23-22(27)20-9-8-17(18-12-24-25-13-18)11-21(20)28-15-19-7-4-10-26(19)14-16-5-2-1-3-6-16/h1-3,5-6,8-9,11-13,19H,4,7,10,14-15H2,(H2,23,27)(H,24,25)/t19-/m0/s1. The van der Waals surface area contributed by atoms with Crippen LogP contribution in [0.25, 0.3) is 11.1 Å². The van der Waals surface area contributed by atoms with Gasteiger partial charge in [0.05, 0.1) is 11.8 Å². The average Bonchev–Trinajstić information content (AvgIpc) is 3.39. The molecule has 6 heteroatoms. The fourth-order valence-corrected chi connectivity index (χ4v) is 3.73. The van der Waals surface area contributed by atoms with Crippen molar-refractivity contribution >= 4 is 5.91 Å². The first kappa shape index (κ1) is 18.3. The maximum absolute atomic E-state index is 11.8. The number of hydrogen-bond acceptors (Lipinski definition) is 4. The van der Waals surface area contributed by atoms with Crippen LogP contribution in [-0.4, -0.2) is 40.2 Å². The van der Waals surface area contributed by atoms with E-state index < -0.39 is 5.91 Å². The Balaban J connectivity index is 1.48. The summed E-state index contributed by atoms with van der Waals surface area (Å²) in [5.41, 5.74) is 9.12. The van der Waals surface area contributed by atoms with E-state index in [2.05, 4.69) is 39.4 Å². The van der Waals surface area contributed by atoms with Crippen molar-refractivity contribution < 1.29 is 9.53 Å². The Bertz CT molecular complexity index is 925. The molecule has 1 amide bonds. The van der Waals surface area contributed by atoms with Crippen LogP contribution in [0.1, 0.15) is 28.8 Å². The highest BCUT2D eigenvalue weighted by molar-refractivity contribution is 5.96. The number of nitrogens with one attached hydrogen (secondary N) is 1. The Morgan fingerprint density at radius 3 is 2.82 bits per heavy atom. The zero-order chi connectivity index (χ0) is 19.3. The summed E-state index contributed by atoms with van der Waals surface area (Å²) in [4.78, 5) is 14.3. The van der Waals surface area contributed by atoms with E-state index in [0.29, 0.717) is 24.0 Å². The molecule has 1 fully saturated rings. The van der Waals surface area contributed by atoms with Crippen LogP contribution in [0.4, 0.5) is 0 Å². The van der Waals surface area contributed by atoms with E-state index in [1.807, 2.05) is 24.4 Å². The predicted molar refractivity (Wildman–Crippen MR) is 108 cm³/mol. The highest BCUT2D eigenvalue weighted by Crippen LogP contribution is 2.28. The molecule has 0 saturated carbocycles. The third kappa shape index (κ3) is 4.07. The summed E-state index contributed by atoms with van der Waals surface area (Å²) in [6.45, 7) is 2.50. The molecule has 1 aromatic heterocycles. The molecule has 0 spiro atoms. The van der Waals surface area contributed by atoms with Crippen LogP contribution < -0.4 is 10.5 Å². The largest absolute Gasteiger partial charge is 0.491 e.